The summed E-state index contributed by atoms with van der Waals surface area (Å²) in [6.07, 6.45) is 1.77. The minimum atomic E-state index is -0.590. The number of benzene rings is 1. The maximum atomic E-state index is 14.0. The third-order valence-electron chi connectivity index (χ3n) is 3.10. The second-order valence-electron chi connectivity index (χ2n) is 4.61. The molecule has 1 fully saturated rings. The van der Waals surface area contributed by atoms with E-state index in [0.29, 0.717) is 6.61 Å². The van der Waals surface area contributed by atoms with Crippen LogP contribution in [0.3, 0.4) is 0 Å². The molecule has 0 bridgehead atoms. The molecule has 0 amide bonds. The van der Waals surface area contributed by atoms with Gasteiger partial charge in [0, 0.05) is 12.6 Å². The molecule has 0 radical (unpaired) electrons. The highest BCUT2D eigenvalue weighted by Crippen LogP contribution is 2.34. The number of halogens is 2. The number of nitrogen functional groups attached to an aromatic ring is 2. The minimum absolute atomic E-state index is 0.0909. The summed E-state index contributed by atoms with van der Waals surface area (Å²) in [5, 5.41) is 3.00. The highest BCUT2D eigenvalue weighted by molar-refractivity contribution is 6.33. The lowest BCUT2D eigenvalue weighted by atomic mass is 10.0. The van der Waals surface area contributed by atoms with Gasteiger partial charge in [-0.25, -0.2) is 4.39 Å². The van der Waals surface area contributed by atoms with E-state index in [0.717, 1.165) is 12.8 Å². The molecule has 1 aliphatic heterocycles. The molecule has 4 nitrogen and oxygen atoms in total. The molecule has 1 saturated heterocycles. The summed E-state index contributed by atoms with van der Waals surface area (Å²) in [5.41, 5.74) is 12.0. The van der Waals surface area contributed by atoms with Crippen LogP contribution in [-0.2, 0) is 4.74 Å². The van der Waals surface area contributed by atoms with Crippen molar-refractivity contribution in [3.05, 3.63) is 16.9 Å². The van der Waals surface area contributed by atoms with Crippen molar-refractivity contribution in [1.29, 1.82) is 0 Å². The Labute approximate surface area is 110 Å². The predicted octanol–water partition coefficient (Wildman–Crippen LogP) is 2.62. The van der Waals surface area contributed by atoms with Gasteiger partial charge in [0.15, 0.2) is 5.82 Å². The van der Waals surface area contributed by atoms with Crippen molar-refractivity contribution in [1.82, 2.24) is 0 Å². The van der Waals surface area contributed by atoms with Gasteiger partial charge >= 0.3 is 0 Å². The van der Waals surface area contributed by atoms with Gasteiger partial charge < -0.3 is 21.5 Å². The van der Waals surface area contributed by atoms with E-state index >= 15 is 0 Å². The number of rotatable bonds is 2. The summed E-state index contributed by atoms with van der Waals surface area (Å²) in [6, 6.07) is 1.60. The van der Waals surface area contributed by atoms with Crippen LogP contribution >= 0.6 is 11.6 Å². The van der Waals surface area contributed by atoms with Gasteiger partial charge in [0.2, 0.25) is 0 Å². The number of ether oxygens (including phenoxy) is 1. The molecule has 18 heavy (non-hydrogen) atoms. The Morgan fingerprint density at radius 1 is 1.44 bits per heavy atom. The maximum absolute atomic E-state index is 14.0. The van der Waals surface area contributed by atoms with Crippen molar-refractivity contribution in [2.75, 3.05) is 23.4 Å². The van der Waals surface area contributed by atoms with Gasteiger partial charge in [-0.2, -0.15) is 0 Å². The second kappa shape index (κ2) is 5.20. The Morgan fingerprint density at radius 2 is 2.17 bits per heavy atom. The van der Waals surface area contributed by atoms with Crippen LogP contribution in [0.2, 0.25) is 5.02 Å². The molecule has 5 N–H and O–H groups in total. The van der Waals surface area contributed by atoms with Crippen LogP contribution in [0.5, 0.6) is 0 Å². The second-order valence-corrected chi connectivity index (χ2v) is 4.98. The SMILES string of the molecule is CC1CC(Nc2c(N)cc(N)c(Cl)c2F)CCO1. The lowest BCUT2D eigenvalue weighted by Crippen LogP contribution is -2.33. The summed E-state index contributed by atoms with van der Waals surface area (Å²) >= 11 is 5.78. The highest BCUT2D eigenvalue weighted by Gasteiger charge is 2.22. The maximum Gasteiger partial charge on any atom is 0.169 e. The van der Waals surface area contributed by atoms with E-state index in [1.165, 1.54) is 6.07 Å². The third-order valence-corrected chi connectivity index (χ3v) is 3.48. The molecular formula is C12H17ClFN3O. The first kappa shape index (κ1) is 13.2. The molecule has 2 rings (SSSR count). The van der Waals surface area contributed by atoms with E-state index in [1.54, 1.807) is 0 Å². The van der Waals surface area contributed by atoms with Gasteiger partial charge in [-0.15, -0.1) is 0 Å². The molecule has 0 aromatic heterocycles. The monoisotopic (exact) mass is 273 g/mol. The molecular weight excluding hydrogens is 257 g/mol. The first-order chi connectivity index (χ1) is 8.49. The number of anilines is 3. The topological polar surface area (TPSA) is 73.3 Å². The molecule has 1 heterocycles. The zero-order chi connectivity index (χ0) is 13.3. The first-order valence-corrected chi connectivity index (χ1v) is 6.28. The Balaban J connectivity index is 2.21. The molecule has 6 heteroatoms. The molecule has 0 spiro atoms. The molecule has 1 aliphatic rings. The largest absolute Gasteiger partial charge is 0.397 e. The molecule has 0 aliphatic carbocycles. The normalized spacial score (nSPS) is 23.9. The van der Waals surface area contributed by atoms with E-state index < -0.39 is 5.82 Å². The van der Waals surface area contributed by atoms with Crippen molar-refractivity contribution < 1.29 is 9.13 Å². The fourth-order valence-electron chi connectivity index (χ4n) is 2.15. The quantitative estimate of drug-likeness (QED) is 0.724. The zero-order valence-corrected chi connectivity index (χ0v) is 10.9. The Kier molecular flexibility index (Phi) is 3.82. The summed E-state index contributed by atoms with van der Waals surface area (Å²) < 4.78 is 19.4. The van der Waals surface area contributed by atoms with E-state index in [-0.39, 0.29) is 34.2 Å². The Hall–Kier alpha value is -1.20. The summed E-state index contributed by atoms with van der Waals surface area (Å²) in [4.78, 5) is 0. The minimum Gasteiger partial charge on any atom is -0.397 e. The number of hydrogen-bond donors (Lipinski definition) is 3. The van der Waals surface area contributed by atoms with E-state index in [9.17, 15) is 4.39 Å². The van der Waals surface area contributed by atoms with Gasteiger partial charge in [-0.05, 0) is 25.8 Å². The summed E-state index contributed by atoms with van der Waals surface area (Å²) in [6.45, 7) is 2.65. The van der Waals surface area contributed by atoms with Gasteiger partial charge in [0.25, 0.3) is 0 Å². The summed E-state index contributed by atoms with van der Waals surface area (Å²) in [7, 11) is 0. The predicted molar refractivity (Wildman–Crippen MR) is 72.3 cm³/mol. The number of hydrogen-bond acceptors (Lipinski definition) is 4. The molecule has 100 valence electrons. The van der Waals surface area contributed by atoms with E-state index in [2.05, 4.69) is 5.32 Å². The highest BCUT2D eigenvalue weighted by atomic mass is 35.5. The summed E-state index contributed by atoms with van der Waals surface area (Å²) in [5.74, 6) is -0.590. The average molecular weight is 274 g/mol. The molecule has 1 aromatic rings. The Bertz CT molecular complexity index is 455. The van der Waals surface area contributed by atoms with Gasteiger partial charge in [-0.3, -0.25) is 0 Å². The van der Waals surface area contributed by atoms with Crippen molar-refractivity contribution in [2.45, 2.75) is 31.9 Å². The number of nitrogens with one attached hydrogen (secondary N) is 1. The van der Waals surface area contributed by atoms with Crippen LogP contribution in [0, 0.1) is 5.82 Å². The smallest absolute Gasteiger partial charge is 0.169 e. The van der Waals surface area contributed by atoms with Crippen molar-refractivity contribution >= 4 is 28.7 Å². The lowest BCUT2D eigenvalue weighted by molar-refractivity contribution is 0.0232. The van der Waals surface area contributed by atoms with Crippen LogP contribution in [0.15, 0.2) is 6.07 Å². The van der Waals surface area contributed by atoms with Gasteiger partial charge in [0.1, 0.15) is 5.02 Å². The average Bonchev–Trinajstić information content (AvgIpc) is 2.32. The fourth-order valence-corrected chi connectivity index (χ4v) is 2.30. The van der Waals surface area contributed by atoms with E-state index in [4.69, 9.17) is 27.8 Å². The van der Waals surface area contributed by atoms with E-state index in [1.807, 2.05) is 6.92 Å². The fraction of sp³-hybridized carbons (Fsp3) is 0.500. The first-order valence-electron chi connectivity index (χ1n) is 5.90. The number of nitrogens with two attached hydrogens (primary N) is 2. The molecule has 0 saturated carbocycles. The van der Waals surface area contributed by atoms with Crippen LogP contribution in [0.1, 0.15) is 19.8 Å². The van der Waals surface area contributed by atoms with Crippen molar-refractivity contribution in [2.24, 2.45) is 0 Å². The standard InChI is InChI=1S/C12H17ClFN3O/c1-6-4-7(2-3-18-6)17-12-9(16)5-8(15)10(13)11(12)14/h5-7,17H,2-4,15-16H2,1H3. The lowest BCUT2D eigenvalue weighted by Gasteiger charge is -2.29. The van der Waals surface area contributed by atoms with Crippen LogP contribution in [0.4, 0.5) is 21.5 Å². The van der Waals surface area contributed by atoms with Crippen LogP contribution in [0.25, 0.3) is 0 Å². The van der Waals surface area contributed by atoms with Gasteiger partial charge in [-0.1, -0.05) is 11.6 Å². The third kappa shape index (κ3) is 2.62. The van der Waals surface area contributed by atoms with Crippen LogP contribution < -0.4 is 16.8 Å². The molecule has 1 aromatic carbocycles. The zero-order valence-electron chi connectivity index (χ0n) is 10.2. The Morgan fingerprint density at radius 3 is 2.83 bits per heavy atom. The van der Waals surface area contributed by atoms with Gasteiger partial charge in [0.05, 0.1) is 23.2 Å². The van der Waals surface area contributed by atoms with Crippen molar-refractivity contribution in [3.8, 4) is 0 Å². The van der Waals surface area contributed by atoms with Crippen molar-refractivity contribution in [3.63, 3.8) is 0 Å². The van der Waals surface area contributed by atoms with Crippen LogP contribution in [-0.4, -0.2) is 18.8 Å². The molecule has 2 unspecified atom stereocenters. The molecule has 2 atom stereocenters.